The third-order valence-corrected chi connectivity index (χ3v) is 3.59. The van der Waals surface area contributed by atoms with Crippen molar-refractivity contribution in [3.8, 4) is 0 Å². The van der Waals surface area contributed by atoms with Gasteiger partial charge in [0.05, 0.1) is 19.3 Å². The Morgan fingerprint density at radius 1 is 1.37 bits per heavy atom. The van der Waals surface area contributed by atoms with Crippen LogP contribution in [0.25, 0.3) is 0 Å². The van der Waals surface area contributed by atoms with Crippen LogP contribution in [0.15, 0.2) is 0 Å². The zero-order valence-electron chi connectivity index (χ0n) is 12.9. The van der Waals surface area contributed by atoms with Crippen molar-refractivity contribution in [3.05, 3.63) is 0 Å². The summed E-state index contributed by atoms with van der Waals surface area (Å²) in [7, 11) is 2.01. The molecule has 1 aliphatic heterocycles. The summed E-state index contributed by atoms with van der Waals surface area (Å²) in [6.07, 6.45) is 1.77. The van der Waals surface area contributed by atoms with Gasteiger partial charge in [-0.3, -0.25) is 4.90 Å². The Bertz CT molecular complexity index is 221. The first kappa shape index (κ1) is 18.5. The summed E-state index contributed by atoms with van der Waals surface area (Å²) in [6, 6.07) is 0.327. The van der Waals surface area contributed by atoms with Crippen LogP contribution in [0.1, 0.15) is 27.2 Å². The van der Waals surface area contributed by atoms with Gasteiger partial charge in [-0.1, -0.05) is 20.3 Å². The third-order valence-electron chi connectivity index (χ3n) is 3.59. The lowest BCUT2D eigenvalue weighted by Crippen LogP contribution is -2.43. The molecule has 3 unspecified atom stereocenters. The van der Waals surface area contributed by atoms with Crippen molar-refractivity contribution < 1.29 is 9.53 Å². The molecule has 0 amide bonds. The summed E-state index contributed by atoms with van der Waals surface area (Å²) in [4.78, 5) is 12.4. The molecule has 0 bridgehead atoms. The number of aldehydes is 1. The van der Waals surface area contributed by atoms with E-state index in [-0.39, 0.29) is 6.04 Å². The molecule has 1 fully saturated rings. The van der Waals surface area contributed by atoms with Crippen LogP contribution in [-0.4, -0.2) is 63.2 Å². The fourth-order valence-electron chi connectivity index (χ4n) is 1.67. The van der Waals surface area contributed by atoms with E-state index >= 15 is 0 Å². The maximum Gasteiger partial charge on any atom is 0.136 e. The maximum atomic E-state index is 9.98. The van der Waals surface area contributed by atoms with Gasteiger partial charge in [0.2, 0.25) is 0 Å². The lowest BCUT2D eigenvalue weighted by atomic mass is 10.0. The topological polar surface area (TPSA) is 67.6 Å². The van der Waals surface area contributed by atoms with Gasteiger partial charge in [-0.2, -0.15) is 0 Å². The van der Waals surface area contributed by atoms with Crippen LogP contribution in [0.2, 0.25) is 0 Å². The Morgan fingerprint density at radius 2 is 1.95 bits per heavy atom. The van der Waals surface area contributed by atoms with E-state index in [1.165, 1.54) is 0 Å². The van der Waals surface area contributed by atoms with Crippen LogP contribution in [0.3, 0.4) is 0 Å². The molecule has 1 saturated heterocycles. The number of rotatable bonds is 6. The van der Waals surface area contributed by atoms with Gasteiger partial charge in [-0.05, 0) is 19.9 Å². The molecule has 1 heterocycles. The normalized spacial score (nSPS) is 20.9. The minimum absolute atomic E-state index is 0.264. The number of carbonyl (C=O) groups is 1. The highest BCUT2D eigenvalue weighted by Crippen LogP contribution is 2.01. The molecule has 3 N–H and O–H groups in total. The molecule has 0 aromatic rings. The van der Waals surface area contributed by atoms with Crippen molar-refractivity contribution in [2.45, 2.75) is 39.3 Å². The predicted octanol–water partition coefficient (Wildman–Crippen LogP) is 0.485. The summed E-state index contributed by atoms with van der Waals surface area (Å²) < 4.78 is 5.25. The lowest BCUT2D eigenvalue weighted by Gasteiger charge is -2.28. The van der Waals surface area contributed by atoms with E-state index in [0.717, 1.165) is 45.6 Å². The van der Waals surface area contributed by atoms with E-state index in [2.05, 4.69) is 17.1 Å². The van der Waals surface area contributed by atoms with Crippen molar-refractivity contribution in [2.75, 3.05) is 39.9 Å². The van der Waals surface area contributed by atoms with E-state index in [1.54, 1.807) is 0 Å². The van der Waals surface area contributed by atoms with Crippen molar-refractivity contribution in [1.29, 1.82) is 0 Å². The summed E-state index contributed by atoms with van der Waals surface area (Å²) >= 11 is 0. The van der Waals surface area contributed by atoms with Crippen LogP contribution in [0, 0.1) is 5.92 Å². The average molecular weight is 273 g/mol. The molecule has 3 atom stereocenters. The van der Waals surface area contributed by atoms with Gasteiger partial charge in [0.25, 0.3) is 0 Å². The smallest absolute Gasteiger partial charge is 0.136 e. The number of likely N-dealkylation sites (N-methyl/N-ethyl adjacent to an activating group) is 1. The second-order valence-corrected chi connectivity index (χ2v) is 5.20. The Hall–Kier alpha value is -0.490. The molecule has 114 valence electrons. The minimum atomic E-state index is -0.264. The van der Waals surface area contributed by atoms with Crippen LogP contribution >= 0.6 is 0 Å². The van der Waals surface area contributed by atoms with Gasteiger partial charge in [-0.15, -0.1) is 0 Å². The molecule has 0 aliphatic carbocycles. The van der Waals surface area contributed by atoms with E-state index in [0.29, 0.717) is 12.0 Å². The second-order valence-electron chi connectivity index (χ2n) is 5.20. The van der Waals surface area contributed by atoms with Gasteiger partial charge < -0.3 is 20.6 Å². The van der Waals surface area contributed by atoms with Crippen molar-refractivity contribution in [1.82, 2.24) is 10.2 Å². The molecule has 1 aliphatic rings. The first-order valence-electron chi connectivity index (χ1n) is 7.23. The number of morpholine rings is 1. The Kier molecular flexibility index (Phi) is 11.1. The highest BCUT2D eigenvalue weighted by atomic mass is 16.5. The summed E-state index contributed by atoms with van der Waals surface area (Å²) in [5.41, 5.74) is 5.36. The third kappa shape index (κ3) is 9.10. The SMILES string of the molecule is CCC(C)C(N)C=O.CNC(C)CN1CCOCC1. The fraction of sp³-hybridized carbons (Fsp3) is 0.929. The molecule has 0 aromatic heterocycles. The molecule has 19 heavy (non-hydrogen) atoms. The predicted molar refractivity (Wildman–Crippen MR) is 79.3 cm³/mol. The zero-order valence-corrected chi connectivity index (χ0v) is 12.9. The standard InChI is InChI=1S/C8H18N2O.C6H13NO/c1-8(9-2)7-10-3-5-11-6-4-10;1-3-5(2)6(7)4-8/h8-9H,3-7H2,1-2H3;4-6H,3,7H2,1-2H3. The Morgan fingerprint density at radius 3 is 2.32 bits per heavy atom. The zero-order chi connectivity index (χ0) is 14.7. The molecule has 5 nitrogen and oxygen atoms in total. The number of hydrogen-bond donors (Lipinski definition) is 2. The number of carbonyl (C=O) groups excluding carboxylic acids is 1. The van der Waals surface area contributed by atoms with Crippen LogP contribution in [-0.2, 0) is 9.53 Å². The molecule has 0 radical (unpaired) electrons. The van der Waals surface area contributed by atoms with Gasteiger partial charge in [0, 0.05) is 25.7 Å². The van der Waals surface area contributed by atoms with E-state index in [4.69, 9.17) is 10.5 Å². The van der Waals surface area contributed by atoms with Crippen LogP contribution in [0.4, 0.5) is 0 Å². The number of ether oxygens (including phenoxy) is 1. The van der Waals surface area contributed by atoms with Crippen molar-refractivity contribution >= 4 is 6.29 Å². The van der Waals surface area contributed by atoms with Gasteiger partial charge in [0.15, 0.2) is 0 Å². The molecule has 5 heteroatoms. The van der Waals surface area contributed by atoms with Crippen LogP contribution < -0.4 is 11.1 Å². The number of nitrogens with two attached hydrogens (primary N) is 1. The molecule has 0 saturated carbocycles. The van der Waals surface area contributed by atoms with E-state index in [9.17, 15) is 4.79 Å². The second kappa shape index (κ2) is 11.3. The quantitative estimate of drug-likeness (QED) is 0.689. The molecule has 0 spiro atoms. The maximum absolute atomic E-state index is 9.98. The minimum Gasteiger partial charge on any atom is -0.379 e. The molecule has 0 aromatic carbocycles. The first-order chi connectivity index (χ1) is 9.04. The average Bonchev–Trinajstić information content (AvgIpc) is 2.47. The summed E-state index contributed by atoms with van der Waals surface area (Å²) in [5, 5.41) is 3.23. The van der Waals surface area contributed by atoms with Gasteiger partial charge in [0.1, 0.15) is 6.29 Å². The van der Waals surface area contributed by atoms with Crippen molar-refractivity contribution in [3.63, 3.8) is 0 Å². The van der Waals surface area contributed by atoms with Crippen LogP contribution in [0.5, 0.6) is 0 Å². The summed E-state index contributed by atoms with van der Waals surface area (Å²) in [5.74, 6) is 0.326. The fourth-order valence-corrected chi connectivity index (χ4v) is 1.67. The lowest BCUT2D eigenvalue weighted by molar-refractivity contribution is -0.109. The van der Waals surface area contributed by atoms with E-state index < -0.39 is 0 Å². The molecular weight excluding hydrogens is 242 g/mol. The Labute approximate surface area is 117 Å². The Balaban J connectivity index is 0.000000362. The van der Waals surface area contributed by atoms with E-state index in [1.807, 2.05) is 20.9 Å². The highest BCUT2D eigenvalue weighted by Gasteiger charge is 2.11. The summed E-state index contributed by atoms with van der Waals surface area (Å²) in [6.45, 7) is 11.3. The van der Waals surface area contributed by atoms with Gasteiger partial charge in [-0.25, -0.2) is 0 Å². The van der Waals surface area contributed by atoms with Gasteiger partial charge >= 0.3 is 0 Å². The number of nitrogens with zero attached hydrogens (tertiary/aromatic N) is 1. The molecular formula is C14H31N3O2. The highest BCUT2D eigenvalue weighted by molar-refractivity contribution is 5.57. The first-order valence-corrected chi connectivity index (χ1v) is 7.23. The monoisotopic (exact) mass is 273 g/mol. The largest absolute Gasteiger partial charge is 0.379 e. The number of hydrogen-bond acceptors (Lipinski definition) is 5. The van der Waals surface area contributed by atoms with Crippen molar-refractivity contribution in [2.24, 2.45) is 11.7 Å². The molecule has 1 rings (SSSR count). The number of nitrogens with one attached hydrogen (secondary N) is 1.